The molecule has 2 aliphatic rings. The molecule has 1 aromatic rings. The van der Waals surface area contributed by atoms with Crippen molar-refractivity contribution in [2.24, 2.45) is 0 Å². The van der Waals surface area contributed by atoms with Gasteiger partial charge in [-0.25, -0.2) is 0 Å². The third-order valence-electron chi connectivity index (χ3n) is 4.50. The summed E-state index contributed by atoms with van der Waals surface area (Å²) in [4.78, 5) is 28.5. The van der Waals surface area contributed by atoms with Crippen molar-refractivity contribution in [1.29, 1.82) is 0 Å². The summed E-state index contributed by atoms with van der Waals surface area (Å²) in [5, 5.41) is 0.744. The zero-order valence-electron chi connectivity index (χ0n) is 13.5. The molecule has 0 aromatic heterocycles. The van der Waals surface area contributed by atoms with E-state index in [2.05, 4.69) is 0 Å². The fraction of sp³-hybridized carbons (Fsp3) is 0.529. The van der Waals surface area contributed by atoms with Crippen molar-refractivity contribution in [3.8, 4) is 0 Å². The quantitative estimate of drug-likeness (QED) is 0.785. The smallest absolute Gasteiger partial charge is 0.236 e. The van der Waals surface area contributed by atoms with E-state index in [0.29, 0.717) is 23.0 Å². The van der Waals surface area contributed by atoms with E-state index in [9.17, 15) is 9.59 Å². The average Bonchev–Trinajstić information content (AvgIpc) is 3.18. The molecule has 0 aliphatic carbocycles. The number of hydrogen-bond acceptors (Lipinski definition) is 3. The molecule has 24 heavy (non-hydrogen) atoms. The van der Waals surface area contributed by atoms with Crippen LogP contribution >= 0.6 is 35.0 Å². The second-order valence-corrected chi connectivity index (χ2v) is 8.41. The van der Waals surface area contributed by atoms with Crippen LogP contribution in [0.25, 0.3) is 0 Å². The van der Waals surface area contributed by atoms with Crippen molar-refractivity contribution in [3.05, 3.63) is 33.8 Å². The summed E-state index contributed by atoms with van der Waals surface area (Å²) in [5.41, 5.74) is 0.945. The zero-order valence-corrected chi connectivity index (χ0v) is 15.8. The van der Waals surface area contributed by atoms with Crippen LogP contribution in [-0.2, 0) is 9.59 Å². The highest BCUT2D eigenvalue weighted by atomic mass is 35.5. The molecule has 1 aromatic carbocycles. The molecule has 2 atom stereocenters. The highest BCUT2D eigenvalue weighted by Crippen LogP contribution is 2.44. The van der Waals surface area contributed by atoms with Gasteiger partial charge in [0.2, 0.25) is 11.8 Å². The maximum Gasteiger partial charge on any atom is 0.236 e. The second-order valence-electron chi connectivity index (χ2n) is 6.17. The Kier molecular flexibility index (Phi) is 5.63. The summed E-state index contributed by atoms with van der Waals surface area (Å²) in [5.74, 6) is 0.211. The Bertz CT molecular complexity index is 649. The van der Waals surface area contributed by atoms with Gasteiger partial charge in [0.15, 0.2) is 0 Å². The molecular weight excluding hydrogens is 367 g/mol. The summed E-state index contributed by atoms with van der Waals surface area (Å²) >= 11 is 13.7. The van der Waals surface area contributed by atoms with Crippen molar-refractivity contribution in [2.45, 2.75) is 36.8 Å². The van der Waals surface area contributed by atoms with E-state index >= 15 is 0 Å². The van der Waals surface area contributed by atoms with E-state index in [1.807, 2.05) is 24.0 Å². The van der Waals surface area contributed by atoms with Crippen LogP contribution in [0.3, 0.4) is 0 Å². The first kappa shape index (κ1) is 17.9. The average molecular weight is 387 g/mol. The van der Waals surface area contributed by atoms with E-state index in [0.717, 1.165) is 31.5 Å². The lowest BCUT2D eigenvalue weighted by Gasteiger charge is -2.25. The molecule has 2 fully saturated rings. The van der Waals surface area contributed by atoms with Gasteiger partial charge in [-0.2, -0.15) is 0 Å². The van der Waals surface area contributed by atoms with Crippen LogP contribution in [0.4, 0.5) is 0 Å². The molecule has 2 heterocycles. The number of hydrogen-bond donors (Lipinski definition) is 0. The highest BCUT2D eigenvalue weighted by Gasteiger charge is 2.38. The van der Waals surface area contributed by atoms with Gasteiger partial charge in [0.25, 0.3) is 0 Å². The van der Waals surface area contributed by atoms with Crippen LogP contribution in [-0.4, -0.2) is 46.5 Å². The molecule has 7 heteroatoms. The first-order chi connectivity index (χ1) is 11.5. The van der Waals surface area contributed by atoms with E-state index in [-0.39, 0.29) is 22.4 Å². The fourth-order valence-corrected chi connectivity index (χ4v) is 4.77. The van der Waals surface area contributed by atoms with Gasteiger partial charge in [0.05, 0.1) is 15.3 Å². The number of thioether (sulfide) groups is 1. The van der Waals surface area contributed by atoms with Crippen molar-refractivity contribution >= 4 is 46.8 Å². The van der Waals surface area contributed by atoms with Crippen LogP contribution in [0.2, 0.25) is 10.0 Å². The predicted molar refractivity (Wildman–Crippen MR) is 98.4 cm³/mol. The number of rotatable bonds is 4. The van der Waals surface area contributed by atoms with Crippen molar-refractivity contribution in [3.63, 3.8) is 0 Å². The molecule has 0 radical (unpaired) electrons. The molecule has 2 amide bonds. The highest BCUT2D eigenvalue weighted by molar-refractivity contribution is 8.01. The second kappa shape index (κ2) is 7.54. The summed E-state index contributed by atoms with van der Waals surface area (Å²) in [7, 11) is 0. The molecule has 0 spiro atoms. The van der Waals surface area contributed by atoms with Crippen LogP contribution in [0.1, 0.15) is 37.1 Å². The van der Waals surface area contributed by atoms with Crippen molar-refractivity contribution < 1.29 is 9.59 Å². The minimum atomic E-state index is -0.119. The van der Waals surface area contributed by atoms with Crippen LogP contribution in [0.15, 0.2) is 18.2 Å². The Morgan fingerprint density at radius 3 is 2.62 bits per heavy atom. The molecule has 2 saturated heterocycles. The van der Waals surface area contributed by atoms with Crippen molar-refractivity contribution in [2.75, 3.05) is 19.6 Å². The molecule has 0 N–H and O–H groups in total. The fourth-order valence-electron chi connectivity index (χ4n) is 3.17. The van der Waals surface area contributed by atoms with E-state index in [1.165, 1.54) is 0 Å². The van der Waals surface area contributed by atoms with Gasteiger partial charge >= 0.3 is 0 Å². The minimum absolute atomic E-state index is 0.0743. The Morgan fingerprint density at radius 1 is 1.25 bits per heavy atom. The molecule has 4 nitrogen and oxygen atoms in total. The third-order valence-corrected chi connectivity index (χ3v) is 6.63. The Morgan fingerprint density at radius 2 is 1.96 bits per heavy atom. The molecule has 0 bridgehead atoms. The lowest BCUT2D eigenvalue weighted by Crippen LogP contribution is -2.35. The number of likely N-dealkylation sites (tertiary alicyclic amines) is 1. The summed E-state index contributed by atoms with van der Waals surface area (Å²) in [6.07, 6.45) is 2.52. The van der Waals surface area contributed by atoms with Gasteiger partial charge in [-0.15, -0.1) is 11.8 Å². The topological polar surface area (TPSA) is 40.6 Å². The van der Waals surface area contributed by atoms with E-state index < -0.39 is 0 Å². The molecule has 0 unspecified atom stereocenters. The summed E-state index contributed by atoms with van der Waals surface area (Å²) in [6.45, 7) is 4.03. The first-order valence-electron chi connectivity index (χ1n) is 8.16. The number of halogens is 2. The van der Waals surface area contributed by atoms with Gasteiger partial charge < -0.3 is 9.80 Å². The molecule has 3 rings (SSSR count). The van der Waals surface area contributed by atoms with Crippen LogP contribution < -0.4 is 0 Å². The summed E-state index contributed by atoms with van der Waals surface area (Å²) < 4.78 is 0. The molecule has 0 saturated carbocycles. The number of amides is 2. The number of benzene rings is 1. The minimum Gasteiger partial charge on any atom is -0.343 e. The number of carbonyl (C=O) groups excluding carboxylic acids is 2. The number of nitrogens with zero attached hydrogens (tertiary/aromatic N) is 2. The SMILES string of the molecule is C[C@H]1S[C@@H](c2ccc(Cl)c(Cl)c2)N(CCC(=O)N2CCCC2)C1=O. The predicted octanol–water partition coefficient (Wildman–Crippen LogP) is 3.97. The van der Waals surface area contributed by atoms with Gasteiger partial charge in [0.1, 0.15) is 5.37 Å². The molecular formula is C17H20Cl2N2O2S. The molecule has 130 valence electrons. The van der Waals surface area contributed by atoms with Gasteiger partial charge in [-0.1, -0.05) is 29.3 Å². The molecule has 2 aliphatic heterocycles. The Labute approximate surface area is 156 Å². The van der Waals surface area contributed by atoms with Crippen molar-refractivity contribution in [1.82, 2.24) is 9.80 Å². The zero-order chi connectivity index (χ0) is 17.3. The monoisotopic (exact) mass is 386 g/mol. The third kappa shape index (κ3) is 3.68. The van der Waals surface area contributed by atoms with Crippen LogP contribution in [0, 0.1) is 0 Å². The first-order valence-corrected chi connectivity index (χ1v) is 9.86. The maximum absolute atomic E-state index is 12.5. The van der Waals surface area contributed by atoms with Crippen LogP contribution in [0.5, 0.6) is 0 Å². The van der Waals surface area contributed by atoms with Gasteiger partial charge in [-0.3, -0.25) is 9.59 Å². The normalized spacial score (nSPS) is 24.0. The largest absolute Gasteiger partial charge is 0.343 e. The lowest BCUT2D eigenvalue weighted by atomic mass is 10.2. The number of carbonyl (C=O) groups is 2. The van der Waals surface area contributed by atoms with E-state index in [4.69, 9.17) is 23.2 Å². The van der Waals surface area contributed by atoms with Gasteiger partial charge in [0, 0.05) is 26.1 Å². The standard InChI is InChI=1S/C17H20Cl2N2O2S/c1-11-16(23)21(9-6-15(22)20-7-2-3-8-20)17(24-11)12-4-5-13(18)14(19)10-12/h4-5,10-11,17H,2-3,6-9H2,1H3/t11-,17+/m1/s1. The van der Waals surface area contributed by atoms with Gasteiger partial charge in [-0.05, 0) is 37.5 Å². The summed E-state index contributed by atoms with van der Waals surface area (Å²) in [6, 6.07) is 5.45. The maximum atomic E-state index is 12.5. The Balaban J connectivity index is 1.71. The van der Waals surface area contributed by atoms with E-state index in [1.54, 1.807) is 22.7 Å². The Hall–Kier alpha value is -0.910. The lowest BCUT2D eigenvalue weighted by molar-refractivity contribution is -0.133.